The van der Waals surface area contributed by atoms with Crippen LogP contribution in [0.2, 0.25) is 0 Å². The minimum absolute atomic E-state index is 0.294. The molecule has 0 bridgehead atoms. The van der Waals surface area contributed by atoms with Gasteiger partial charge in [-0.1, -0.05) is 36.4 Å². The number of aliphatic imine (C=N–C) groups is 1. The Morgan fingerprint density at radius 1 is 1.03 bits per heavy atom. The quantitative estimate of drug-likeness (QED) is 0.658. The van der Waals surface area contributed by atoms with E-state index in [2.05, 4.69) is 82.4 Å². The van der Waals surface area contributed by atoms with Crippen molar-refractivity contribution in [3.8, 4) is 11.1 Å². The number of amidine groups is 1. The van der Waals surface area contributed by atoms with Gasteiger partial charge in [0.05, 0.1) is 5.56 Å². The molecule has 0 spiro atoms. The zero-order valence-corrected chi connectivity index (χ0v) is 18.2. The molecule has 1 fully saturated rings. The monoisotopic (exact) mass is 423 g/mol. The molecule has 1 aromatic heterocycles. The van der Waals surface area contributed by atoms with E-state index in [1.54, 1.807) is 6.34 Å². The van der Waals surface area contributed by atoms with Gasteiger partial charge >= 0.3 is 0 Å². The molecule has 1 saturated carbocycles. The van der Waals surface area contributed by atoms with Crippen LogP contribution in [-0.2, 0) is 0 Å². The summed E-state index contributed by atoms with van der Waals surface area (Å²) in [6.07, 6.45) is 4.10. The Kier molecular flexibility index (Phi) is 4.35. The van der Waals surface area contributed by atoms with Gasteiger partial charge in [-0.15, -0.1) is 0 Å². The topological polar surface area (TPSA) is 68.1 Å². The van der Waals surface area contributed by atoms with Crippen LogP contribution >= 0.6 is 0 Å². The summed E-state index contributed by atoms with van der Waals surface area (Å²) in [5.41, 5.74) is 8.98. The second kappa shape index (κ2) is 7.37. The normalized spacial score (nSPS) is 18.5. The van der Waals surface area contributed by atoms with Crippen molar-refractivity contribution in [3.05, 3.63) is 71.8 Å². The van der Waals surface area contributed by atoms with Crippen LogP contribution in [0.1, 0.15) is 29.9 Å². The molecule has 0 amide bonds. The summed E-state index contributed by atoms with van der Waals surface area (Å²) < 4.78 is 0. The number of anilines is 3. The van der Waals surface area contributed by atoms with Gasteiger partial charge in [0.2, 0.25) is 6.29 Å². The van der Waals surface area contributed by atoms with E-state index in [0.717, 1.165) is 34.6 Å². The van der Waals surface area contributed by atoms with Gasteiger partial charge < -0.3 is 10.2 Å². The third kappa shape index (κ3) is 3.17. The van der Waals surface area contributed by atoms with E-state index in [4.69, 9.17) is 9.98 Å². The van der Waals surface area contributed by atoms with E-state index in [-0.39, 0.29) is 6.29 Å². The molecular weight excluding hydrogens is 398 g/mol. The molecule has 7 nitrogen and oxygen atoms in total. The van der Waals surface area contributed by atoms with Crippen molar-refractivity contribution in [3.63, 3.8) is 0 Å². The first kappa shape index (κ1) is 18.9. The fourth-order valence-electron chi connectivity index (χ4n) is 4.34. The molecule has 1 atom stereocenters. The van der Waals surface area contributed by atoms with Gasteiger partial charge in [0.25, 0.3) is 0 Å². The maximum absolute atomic E-state index is 4.93. The van der Waals surface area contributed by atoms with Gasteiger partial charge in [-0.05, 0) is 59.7 Å². The lowest BCUT2D eigenvalue weighted by Crippen LogP contribution is -2.44. The van der Waals surface area contributed by atoms with Crippen molar-refractivity contribution in [2.24, 2.45) is 10.1 Å². The van der Waals surface area contributed by atoms with Crippen molar-refractivity contribution in [2.45, 2.75) is 25.0 Å². The van der Waals surface area contributed by atoms with E-state index in [1.807, 2.05) is 18.0 Å². The van der Waals surface area contributed by atoms with Crippen LogP contribution in [0.15, 0.2) is 70.8 Å². The lowest BCUT2D eigenvalue weighted by Gasteiger charge is -2.32. The molecule has 2 N–H and O–H groups in total. The highest BCUT2D eigenvalue weighted by Gasteiger charge is 2.33. The minimum Gasteiger partial charge on any atom is -0.373 e. The molecular formula is C25H25N7. The Labute approximate surface area is 187 Å². The van der Waals surface area contributed by atoms with Gasteiger partial charge in [-0.25, -0.2) is 9.98 Å². The predicted octanol–water partition coefficient (Wildman–Crippen LogP) is 4.20. The van der Waals surface area contributed by atoms with Crippen LogP contribution in [0.3, 0.4) is 0 Å². The molecule has 160 valence electrons. The zero-order valence-electron chi connectivity index (χ0n) is 18.2. The molecule has 32 heavy (non-hydrogen) atoms. The van der Waals surface area contributed by atoms with Gasteiger partial charge in [0, 0.05) is 19.8 Å². The van der Waals surface area contributed by atoms with Crippen molar-refractivity contribution in [1.82, 2.24) is 10.4 Å². The number of nitrogens with zero attached hydrogens (tertiary/aromatic N) is 5. The van der Waals surface area contributed by atoms with Gasteiger partial charge in [0.1, 0.15) is 23.8 Å². The lowest BCUT2D eigenvalue weighted by molar-refractivity contribution is 0.599. The Hall–Kier alpha value is -3.87. The van der Waals surface area contributed by atoms with Crippen molar-refractivity contribution >= 4 is 29.5 Å². The maximum atomic E-state index is 4.93. The fourth-order valence-corrected chi connectivity index (χ4v) is 4.34. The van der Waals surface area contributed by atoms with Crippen molar-refractivity contribution < 1.29 is 0 Å². The number of fused-ring (bicyclic) bond motifs is 3. The first-order valence-electron chi connectivity index (χ1n) is 11.0. The second-order valence-electron chi connectivity index (χ2n) is 8.43. The Morgan fingerprint density at radius 3 is 2.66 bits per heavy atom. The number of hydrogen-bond donors (Lipinski definition) is 2. The number of nitrogens with one attached hydrogen (secondary N) is 2. The average Bonchev–Trinajstić information content (AvgIpc) is 3.59. The van der Waals surface area contributed by atoms with Crippen LogP contribution in [0.5, 0.6) is 0 Å². The Morgan fingerprint density at radius 2 is 1.88 bits per heavy atom. The first-order chi connectivity index (χ1) is 15.7. The summed E-state index contributed by atoms with van der Waals surface area (Å²) in [7, 11) is 3.92. The molecule has 1 unspecified atom stereocenters. The molecule has 0 saturated heterocycles. The van der Waals surface area contributed by atoms with E-state index in [0.29, 0.717) is 0 Å². The van der Waals surface area contributed by atoms with E-state index < -0.39 is 0 Å². The smallest absolute Gasteiger partial charge is 0.219 e. The number of hydrazone groups is 1. The summed E-state index contributed by atoms with van der Waals surface area (Å²) in [5.74, 6) is 3.27. The van der Waals surface area contributed by atoms with E-state index in [1.165, 1.54) is 29.5 Å². The zero-order chi connectivity index (χ0) is 21.7. The number of aromatic nitrogens is 1. The molecule has 2 aliphatic heterocycles. The first-order valence-corrected chi connectivity index (χ1v) is 11.0. The van der Waals surface area contributed by atoms with Crippen LogP contribution < -0.4 is 20.5 Å². The molecule has 0 radical (unpaired) electrons. The van der Waals surface area contributed by atoms with E-state index in [9.17, 15) is 0 Å². The standard InChI is InChI=1S/C25H25N7/c1-26-22-13-12-21-23(29-25-30-27-15-32(25)24(21)28-22)31(2)20-5-3-4-19(14-20)18-10-8-17(9-11-18)16-6-7-16/h3-5,8-16,25,30H,6-7H2,1-2H3,(H,26,28). The Balaban J connectivity index is 1.35. The Bertz CT molecular complexity index is 1230. The van der Waals surface area contributed by atoms with Crippen LogP contribution in [0.4, 0.5) is 17.3 Å². The number of benzene rings is 2. The predicted molar refractivity (Wildman–Crippen MR) is 130 cm³/mol. The molecule has 1 aliphatic carbocycles. The fraction of sp³-hybridized carbons (Fsp3) is 0.240. The number of rotatable bonds is 4. The highest BCUT2D eigenvalue weighted by atomic mass is 15.6. The molecule has 3 aliphatic rings. The molecule has 3 aromatic rings. The molecule has 2 aromatic carbocycles. The number of hydrogen-bond acceptors (Lipinski definition) is 7. The summed E-state index contributed by atoms with van der Waals surface area (Å²) in [6.45, 7) is 0. The van der Waals surface area contributed by atoms with Crippen molar-refractivity contribution in [1.29, 1.82) is 0 Å². The van der Waals surface area contributed by atoms with Gasteiger partial charge in [-0.2, -0.15) is 5.10 Å². The lowest BCUT2D eigenvalue weighted by atomic mass is 10.0. The third-order valence-electron chi connectivity index (χ3n) is 6.34. The number of pyridine rings is 1. The molecule has 3 heterocycles. The summed E-state index contributed by atoms with van der Waals surface area (Å²) in [6, 6.07) is 21.7. The van der Waals surface area contributed by atoms with Crippen LogP contribution in [-0.4, -0.2) is 37.5 Å². The largest absolute Gasteiger partial charge is 0.373 e. The summed E-state index contributed by atoms with van der Waals surface area (Å²) in [5, 5.41) is 7.31. The second-order valence-corrected chi connectivity index (χ2v) is 8.43. The van der Waals surface area contributed by atoms with Crippen LogP contribution in [0.25, 0.3) is 11.1 Å². The highest BCUT2D eigenvalue weighted by molar-refractivity contribution is 6.15. The highest BCUT2D eigenvalue weighted by Crippen LogP contribution is 2.40. The van der Waals surface area contributed by atoms with Crippen molar-refractivity contribution in [2.75, 3.05) is 29.2 Å². The summed E-state index contributed by atoms with van der Waals surface area (Å²) >= 11 is 0. The molecule has 6 rings (SSSR count). The van der Waals surface area contributed by atoms with Gasteiger partial charge in [-0.3, -0.25) is 10.3 Å². The third-order valence-corrected chi connectivity index (χ3v) is 6.34. The maximum Gasteiger partial charge on any atom is 0.219 e. The van der Waals surface area contributed by atoms with Gasteiger partial charge in [0.15, 0.2) is 0 Å². The summed E-state index contributed by atoms with van der Waals surface area (Å²) in [4.78, 5) is 13.8. The SMILES string of the molecule is CNc1ccc2c(n1)N1C=NNC1N=C2N(C)c1cccc(-c2ccc(C3CC3)cc2)c1. The van der Waals surface area contributed by atoms with E-state index >= 15 is 0 Å². The minimum atomic E-state index is -0.294. The molecule has 7 heteroatoms. The van der Waals surface area contributed by atoms with Crippen LogP contribution in [0, 0.1) is 0 Å². The average molecular weight is 424 g/mol.